The van der Waals surface area contributed by atoms with E-state index in [-0.39, 0.29) is 6.04 Å². The summed E-state index contributed by atoms with van der Waals surface area (Å²) in [5, 5.41) is 12.6. The number of carbonyl (C=O) groups excluding carboxylic acids is 1. The molecule has 1 aliphatic heterocycles. The molecule has 31 heavy (non-hydrogen) atoms. The van der Waals surface area contributed by atoms with Crippen molar-refractivity contribution in [1.29, 1.82) is 0 Å². The number of aliphatic hydroxyl groups excluding tert-OH is 1. The number of ether oxygens (including phenoxy) is 1. The maximum atomic E-state index is 12.2. The smallest absolute Gasteiger partial charge is 0.414 e. The van der Waals surface area contributed by atoms with Crippen molar-refractivity contribution in [2.45, 2.75) is 79.0 Å². The van der Waals surface area contributed by atoms with E-state index in [1.807, 2.05) is 42.2 Å². The van der Waals surface area contributed by atoms with Crippen LogP contribution in [0.25, 0.3) is 0 Å². The number of carbonyl (C=O) groups is 1. The lowest BCUT2D eigenvalue weighted by Gasteiger charge is -2.25. The van der Waals surface area contributed by atoms with E-state index in [4.69, 9.17) is 10.5 Å². The molecule has 0 bridgehead atoms. The highest BCUT2D eigenvalue weighted by Crippen LogP contribution is 2.34. The van der Waals surface area contributed by atoms with Crippen molar-refractivity contribution >= 4 is 12.1 Å². The van der Waals surface area contributed by atoms with Crippen molar-refractivity contribution in [1.82, 2.24) is 10.2 Å². The number of hydrogen-bond acceptors (Lipinski definition) is 6. The number of alkyl carbamates (subject to hydrolysis) is 1. The molecule has 1 heterocycles. The molecule has 1 aromatic carbocycles. The summed E-state index contributed by atoms with van der Waals surface area (Å²) in [7, 11) is 0. The van der Waals surface area contributed by atoms with Crippen molar-refractivity contribution in [3.63, 3.8) is 0 Å². The Hall–Kier alpha value is -2.54. The van der Waals surface area contributed by atoms with Crippen LogP contribution in [0.15, 0.2) is 47.3 Å². The zero-order valence-corrected chi connectivity index (χ0v) is 20.1. The minimum Gasteiger partial charge on any atom is -0.514 e. The highest BCUT2D eigenvalue weighted by molar-refractivity contribution is 5.96. The first-order valence-corrected chi connectivity index (χ1v) is 10.9. The van der Waals surface area contributed by atoms with E-state index in [1.54, 1.807) is 20.8 Å². The molecule has 2 atom stereocenters. The first kappa shape index (κ1) is 26.5. The minimum absolute atomic E-state index is 0.0817. The van der Waals surface area contributed by atoms with Crippen LogP contribution in [0.2, 0.25) is 0 Å². The third-order valence-corrected chi connectivity index (χ3v) is 4.00. The van der Waals surface area contributed by atoms with Crippen LogP contribution in [0.4, 0.5) is 4.79 Å². The molecule has 1 aromatic rings. The van der Waals surface area contributed by atoms with Crippen LogP contribution in [0.5, 0.6) is 0 Å². The average molecular weight is 433 g/mol. The minimum atomic E-state index is -0.614. The second kappa shape index (κ2) is 12.3. The Morgan fingerprint density at radius 1 is 1.26 bits per heavy atom. The number of nitrogens with two attached hydrogens (primary N) is 1. The van der Waals surface area contributed by atoms with Gasteiger partial charge in [0, 0.05) is 12.6 Å². The third kappa shape index (κ3) is 9.87. The number of aliphatic hydroxyl groups is 1. The maximum Gasteiger partial charge on any atom is 0.414 e. The first-order valence-electron chi connectivity index (χ1n) is 10.9. The van der Waals surface area contributed by atoms with Crippen LogP contribution >= 0.6 is 0 Å². The molecule has 0 saturated heterocycles. The van der Waals surface area contributed by atoms with Gasteiger partial charge >= 0.3 is 6.09 Å². The Morgan fingerprint density at radius 2 is 1.84 bits per heavy atom. The van der Waals surface area contributed by atoms with Crippen LogP contribution in [0.3, 0.4) is 0 Å². The standard InChI is InChI=1S/C20H30N4O3.C4H10/c1-14(21)9-8-12-24-16(13-25)17(15-10-6-5-7-11-15)22-18(24)23-19(26)27-20(2,3)4;1-4(2)3/h5-7,10-11,13-14,17,25H,8-9,12,21H2,1-4H3,(H,22,23,26);4H,1-3H3. The number of amides is 1. The molecule has 4 N–H and O–H groups in total. The summed E-state index contributed by atoms with van der Waals surface area (Å²) < 4.78 is 5.34. The predicted octanol–water partition coefficient (Wildman–Crippen LogP) is 5.11. The van der Waals surface area contributed by atoms with Gasteiger partial charge in [-0.2, -0.15) is 0 Å². The van der Waals surface area contributed by atoms with Crippen molar-refractivity contribution in [2.75, 3.05) is 6.54 Å². The Labute approximate surface area is 187 Å². The van der Waals surface area contributed by atoms with E-state index in [9.17, 15) is 9.90 Å². The quantitative estimate of drug-likeness (QED) is 0.561. The summed E-state index contributed by atoms with van der Waals surface area (Å²) in [6, 6.07) is 9.32. The first-order chi connectivity index (χ1) is 14.4. The zero-order valence-electron chi connectivity index (χ0n) is 20.1. The van der Waals surface area contributed by atoms with Crippen molar-refractivity contribution < 1.29 is 14.6 Å². The molecule has 174 valence electrons. The molecule has 0 radical (unpaired) electrons. The highest BCUT2D eigenvalue weighted by Gasteiger charge is 2.33. The lowest BCUT2D eigenvalue weighted by Crippen LogP contribution is -2.43. The van der Waals surface area contributed by atoms with Gasteiger partial charge in [0.2, 0.25) is 5.96 Å². The molecule has 1 aliphatic rings. The van der Waals surface area contributed by atoms with Crippen LogP contribution in [-0.4, -0.2) is 40.2 Å². The van der Waals surface area contributed by atoms with Crippen LogP contribution in [-0.2, 0) is 4.74 Å². The second-order valence-corrected chi connectivity index (χ2v) is 9.45. The van der Waals surface area contributed by atoms with E-state index >= 15 is 0 Å². The van der Waals surface area contributed by atoms with Gasteiger partial charge in [-0.05, 0) is 52.0 Å². The summed E-state index contributed by atoms with van der Waals surface area (Å²) in [6.07, 6.45) is 2.09. The summed E-state index contributed by atoms with van der Waals surface area (Å²) >= 11 is 0. The number of nitrogens with zero attached hydrogens (tertiary/aromatic N) is 2. The number of nitrogens with one attached hydrogen (secondary N) is 1. The summed E-state index contributed by atoms with van der Waals surface area (Å²) in [4.78, 5) is 18.7. The van der Waals surface area contributed by atoms with Crippen LogP contribution in [0, 0.1) is 5.92 Å². The highest BCUT2D eigenvalue weighted by atomic mass is 16.6. The Kier molecular flexibility index (Phi) is 10.6. The SMILES string of the molecule is CC(C)C.CC(N)CCCN1C(=CO)C(c2ccccc2)N=C1NC(=O)OC(C)(C)C. The molecule has 1 amide bonds. The summed E-state index contributed by atoms with van der Waals surface area (Å²) in [6.45, 7) is 14.4. The maximum absolute atomic E-state index is 12.2. The molecule has 0 saturated carbocycles. The molecule has 7 nitrogen and oxygen atoms in total. The van der Waals surface area contributed by atoms with E-state index in [2.05, 4.69) is 31.1 Å². The Bertz CT molecular complexity index is 734. The van der Waals surface area contributed by atoms with Crippen LogP contribution in [0.1, 0.15) is 72.9 Å². The Balaban J connectivity index is 0.00000110. The van der Waals surface area contributed by atoms with E-state index in [0.29, 0.717) is 18.2 Å². The van der Waals surface area contributed by atoms with Crippen molar-refractivity contribution in [3.05, 3.63) is 47.9 Å². The molecule has 2 unspecified atom stereocenters. The van der Waals surface area contributed by atoms with Gasteiger partial charge in [-0.3, -0.25) is 5.32 Å². The number of hydrogen-bond donors (Lipinski definition) is 3. The molecule has 0 aromatic heterocycles. The lowest BCUT2D eigenvalue weighted by molar-refractivity contribution is 0.0558. The number of aliphatic imine (C=N–C) groups is 1. The largest absolute Gasteiger partial charge is 0.514 e. The monoisotopic (exact) mass is 432 g/mol. The number of rotatable bonds is 5. The van der Waals surface area contributed by atoms with Gasteiger partial charge in [0.1, 0.15) is 17.9 Å². The molecule has 0 spiro atoms. The van der Waals surface area contributed by atoms with E-state index < -0.39 is 17.7 Å². The van der Waals surface area contributed by atoms with Crippen molar-refractivity contribution in [3.8, 4) is 0 Å². The predicted molar refractivity (Wildman–Crippen MR) is 127 cm³/mol. The fourth-order valence-electron chi connectivity index (χ4n) is 2.85. The topological polar surface area (TPSA) is 100 Å². The number of benzene rings is 1. The third-order valence-electron chi connectivity index (χ3n) is 4.00. The van der Waals surface area contributed by atoms with Crippen molar-refractivity contribution in [2.24, 2.45) is 16.6 Å². The fourth-order valence-corrected chi connectivity index (χ4v) is 2.85. The summed E-state index contributed by atoms with van der Waals surface area (Å²) in [5.74, 6) is 1.20. The second-order valence-electron chi connectivity index (χ2n) is 9.45. The fraction of sp³-hybridized carbons (Fsp3) is 0.583. The van der Waals surface area contributed by atoms with Gasteiger partial charge in [-0.15, -0.1) is 0 Å². The molecule has 2 rings (SSSR count). The Morgan fingerprint density at radius 3 is 2.32 bits per heavy atom. The van der Waals surface area contributed by atoms with Gasteiger partial charge in [-0.25, -0.2) is 9.79 Å². The molecular weight excluding hydrogens is 392 g/mol. The average Bonchev–Trinajstić information content (AvgIpc) is 2.97. The molecule has 0 aliphatic carbocycles. The summed E-state index contributed by atoms with van der Waals surface area (Å²) in [5.41, 5.74) is 6.77. The molecular formula is C24H40N4O3. The lowest BCUT2D eigenvalue weighted by atomic mass is 10.1. The van der Waals surface area contributed by atoms with Crippen LogP contribution < -0.4 is 11.1 Å². The van der Waals surface area contributed by atoms with Gasteiger partial charge in [-0.1, -0.05) is 51.1 Å². The zero-order chi connectivity index (χ0) is 23.6. The van der Waals surface area contributed by atoms with Gasteiger partial charge < -0.3 is 20.5 Å². The van der Waals surface area contributed by atoms with Gasteiger partial charge in [0.25, 0.3) is 0 Å². The number of guanidine groups is 1. The molecule has 7 heteroatoms. The normalized spacial score (nSPS) is 18.4. The molecule has 0 fully saturated rings. The van der Waals surface area contributed by atoms with Gasteiger partial charge in [0.05, 0.1) is 5.70 Å². The van der Waals surface area contributed by atoms with E-state index in [0.717, 1.165) is 30.6 Å². The van der Waals surface area contributed by atoms with Gasteiger partial charge in [0.15, 0.2) is 0 Å². The van der Waals surface area contributed by atoms with E-state index in [1.165, 1.54) is 0 Å².